The number of rotatable bonds is 4. The van der Waals surface area contributed by atoms with E-state index in [9.17, 15) is 4.79 Å². The molecule has 0 atom stereocenters. The highest BCUT2D eigenvalue weighted by molar-refractivity contribution is 9.10. The molecule has 94 valence electrons. The van der Waals surface area contributed by atoms with Crippen molar-refractivity contribution >= 4 is 33.0 Å². The maximum atomic E-state index is 10.8. The van der Waals surface area contributed by atoms with Gasteiger partial charge in [0, 0.05) is 22.8 Å². The van der Waals surface area contributed by atoms with Crippen molar-refractivity contribution in [1.82, 2.24) is 0 Å². The summed E-state index contributed by atoms with van der Waals surface area (Å²) < 4.78 is 11.6. The van der Waals surface area contributed by atoms with Gasteiger partial charge in [-0.2, -0.15) is 0 Å². The molecule has 0 radical (unpaired) electrons. The van der Waals surface area contributed by atoms with Crippen LogP contribution in [0, 0.1) is 0 Å². The van der Waals surface area contributed by atoms with Gasteiger partial charge >= 0.3 is 0 Å². The van der Waals surface area contributed by atoms with Crippen LogP contribution in [-0.4, -0.2) is 20.5 Å². The van der Waals surface area contributed by atoms with Crippen molar-refractivity contribution in [3.8, 4) is 11.5 Å². The van der Waals surface area contributed by atoms with Crippen molar-refractivity contribution < 1.29 is 14.3 Å². The van der Waals surface area contributed by atoms with E-state index in [1.54, 1.807) is 14.2 Å². The summed E-state index contributed by atoms with van der Waals surface area (Å²) in [6.45, 7) is 0. The topological polar surface area (TPSA) is 35.5 Å². The summed E-state index contributed by atoms with van der Waals surface area (Å²) in [5.74, 6) is 1.44. The summed E-state index contributed by atoms with van der Waals surface area (Å²) in [4.78, 5) is 10.8. The molecule has 0 heterocycles. The molecule has 0 amide bonds. The number of halogens is 1. The maximum Gasteiger partial charge on any atom is 0.141 e. The number of hydrogen-bond donors (Lipinski definition) is 0. The summed E-state index contributed by atoms with van der Waals surface area (Å²) in [6, 6.07) is 7.79. The monoisotopic (exact) mass is 308 g/mol. The van der Waals surface area contributed by atoms with Crippen LogP contribution in [-0.2, 0) is 11.2 Å². The molecule has 4 heteroatoms. The SMILES string of the molecule is COc1c(Br)c(CC=O)c(OC)c2ccccc12. The Labute approximate surface area is 114 Å². The molecular formula is C14H13BrO3. The lowest BCUT2D eigenvalue weighted by molar-refractivity contribution is -0.107. The van der Waals surface area contributed by atoms with Crippen molar-refractivity contribution in [2.45, 2.75) is 6.42 Å². The van der Waals surface area contributed by atoms with Gasteiger partial charge in [-0.25, -0.2) is 0 Å². The zero-order valence-electron chi connectivity index (χ0n) is 10.2. The van der Waals surface area contributed by atoms with Crippen LogP contribution in [0.3, 0.4) is 0 Å². The summed E-state index contributed by atoms with van der Waals surface area (Å²) in [5, 5.41) is 1.90. The van der Waals surface area contributed by atoms with Crippen molar-refractivity contribution in [2.75, 3.05) is 14.2 Å². The zero-order valence-corrected chi connectivity index (χ0v) is 11.8. The molecule has 18 heavy (non-hydrogen) atoms. The molecule has 0 bridgehead atoms. The molecule has 0 fully saturated rings. The van der Waals surface area contributed by atoms with Gasteiger partial charge in [0.2, 0.25) is 0 Å². The first kappa shape index (κ1) is 12.9. The van der Waals surface area contributed by atoms with Gasteiger partial charge in [0.05, 0.1) is 18.7 Å². The van der Waals surface area contributed by atoms with E-state index in [0.717, 1.165) is 32.8 Å². The molecule has 0 aliphatic carbocycles. The first-order chi connectivity index (χ1) is 8.74. The molecule has 3 nitrogen and oxygen atoms in total. The minimum atomic E-state index is 0.283. The van der Waals surface area contributed by atoms with Crippen LogP contribution in [0.25, 0.3) is 10.8 Å². The smallest absolute Gasteiger partial charge is 0.141 e. The lowest BCUT2D eigenvalue weighted by atomic mass is 10.0. The zero-order chi connectivity index (χ0) is 13.1. The summed E-state index contributed by atoms with van der Waals surface area (Å²) in [7, 11) is 3.22. The Balaban J connectivity index is 2.90. The second-order valence-electron chi connectivity index (χ2n) is 3.78. The number of aldehydes is 1. The fraction of sp³-hybridized carbons (Fsp3) is 0.214. The highest BCUT2D eigenvalue weighted by Crippen LogP contribution is 2.43. The Morgan fingerprint density at radius 1 is 1.11 bits per heavy atom. The van der Waals surface area contributed by atoms with Crippen molar-refractivity contribution in [3.05, 3.63) is 34.3 Å². The number of methoxy groups -OCH3 is 2. The molecule has 0 saturated heterocycles. The molecule has 0 aliphatic heterocycles. The molecular weight excluding hydrogens is 296 g/mol. The van der Waals surface area contributed by atoms with Gasteiger partial charge in [-0.3, -0.25) is 0 Å². The Morgan fingerprint density at radius 3 is 2.17 bits per heavy atom. The average molecular weight is 309 g/mol. The lowest BCUT2D eigenvalue weighted by Gasteiger charge is -2.16. The van der Waals surface area contributed by atoms with E-state index >= 15 is 0 Å². The van der Waals surface area contributed by atoms with Gasteiger partial charge in [-0.15, -0.1) is 0 Å². The van der Waals surface area contributed by atoms with Gasteiger partial charge in [-0.1, -0.05) is 24.3 Å². The van der Waals surface area contributed by atoms with Crippen LogP contribution in [0.15, 0.2) is 28.7 Å². The lowest BCUT2D eigenvalue weighted by Crippen LogP contribution is -1.99. The van der Waals surface area contributed by atoms with Crippen LogP contribution < -0.4 is 9.47 Å². The average Bonchev–Trinajstić information content (AvgIpc) is 2.40. The van der Waals surface area contributed by atoms with E-state index in [2.05, 4.69) is 15.9 Å². The molecule has 0 spiro atoms. The molecule has 0 unspecified atom stereocenters. The van der Waals surface area contributed by atoms with Crippen LogP contribution in [0.1, 0.15) is 5.56 Å². The quantitative estimate of drug-likeness (QED) is 0.812. The number of carbonyl (C=O) groups excluding carboxylic acids is 1. The second kappa shape index (κ2) is 5.40. The van der Waals surface area contributed by atoms with Gasteiger partial charge in [0.25, 0.3) is 0 Å². The van der Waals surface area contributed by atoms with Crippen LogP contribution in [0.4, 0.5) is 0 Å². The van der Waals surface area contributed by atoms with E-state index in [4.69, 9.17) is 9.47 Å². The molecule has 0 saturated carbocycles. The van der Waals surface area contributed by atoms with Gasteiger partial charge in [-0.05, 0) is 15.9 Å². The minimum absolute atomic E-state index is 0.283. The number of hydrogen-bond acceptors (Lipinski definition) is 3. The number of ether oxygens (including phenoxy) is 2. The van der Waals surface area contributed by atoms with E-state index in [-0.39, 0.29) is 6.42 Å². The summed E-state index contributed by atoms with van der Waals surface area (Å²) in [6.07, 6.45) is 1.14. The van der Waals surface area contributed by atoms with Gasteiger partial charge in [0.15, 0.2) is 0 Å². The third-order valence-electron chi connectivity index (χ3n) is 2.85. The predicted molar refractivity (Wildman–Crippen MR) is 74.5 cm³/mol. The van der Waals surface area contributed by atoms with E-state index in [1.165, 1.54) is 0 Å². The Hall–Kier alpha value is -1.55. The van der Waals surface area contributed by atoms with Crippen LogP contribution in [0.2, 0.25) is 0 Å². The second-order valence-corrected chi connectivity index (χ2v) is 4.57. The Bertz CT molecular complexity index is 593. The fourth-order valence-corrected chi connectivity index (χ4v) is 2.81. The molecule has 2 rings (SSSR count). The number of fused-ring (bicyclic) bond motifs is 1. The van der Waals surface area contributed by atoms with Crippen LogP contribution in [0.5, 0.6) is 11.5 Å². The molecule has 2 aromatic rings. The van der Waals surface area contributed by atoms with Gasteiger partial charge < -0.3 is 14.3 Å². The highest BCUT2D eigenvalue weighted by atomic mass is 79.9. The third kappa shape index (κ3) is 1.97. The first-order valence-corrected chi connectivity index (χ1v) is 6.28. The molecule has 2 aromatic carbocycles. The van der Waals surface area contributed by atoms with Crippen molar-refractivity contribution in [3.63, 3.8) is 0 Å². The van der Waals surface area contributed by atoms with Crippen molar-refractivity contribution in [1.29, 1.82) is 0 Å². The normalized spacial score (nSPS) is 10.4. The fourth-order valence-electron chi connectivity index (χ4n) is 2.09. The van der Waals surface area contributed by atoms with E-state index < -0.39 is 0 Å². The molecule has 0 aromatic heterocycles. The molecule has 0 N–H and O–H groups in total. The van der Waals surface area contributed by atoms with Crippen molar-refractivity contribution in [2.24, 2.45) is 0 Å². The Kier molecular flexibility index (Phi) is 3.87. The predicted octanol–water partition coefficient (Wildman–Crippen LogP) is 3.36. The van der Waals surface area contributed by atoms with Gasteiger partial charge in [0.1, 0.15) is 17.8 Å². The Morgan fingerprint density at radius 2 is 1.67 bits per heavy atom. The van der Waals surface area contributed by atoms with E-state index in [1.807, 2.05) is 24.3 Å². The summed E-state index contributed by atoms with van der Waals surface area (Å²) in [5.41, 5.74) is 0.808. The summed E-state index contributed by atoms with van der Waals surface area (Å²) >= 11 is 3.49. The number of carbonyl (C=O) groups is 1. The third-order valence-corrected chi connectivity index (χ3v) is 3.69. The first-order valence-electron chi connectivity index (χ1n) is 5.49. The minimum Gasteiger partial charge on any atom is -0.496 e. The largest absolute Gasteiger partial charge is 0.496 e. The standard InChI is InChI=1S/C14H13BrO3/c1-17-13-9-5-3-4-6-10(9)14(18-2)12(15)11(13)7-8-16/h3-6,8H,7H2,1-2H3. The molecule has 0 aliphatic rings. The highest BCUT2D eigenvalue weighted by Gasteiger charge is 2.18. The van der Waals surface area contributed by atoms with Crippen LogP contribution >= 0.6 is 15.9 Å². The number of benzene rings is 2. The maximum absolute atomic E-state index is 10.8. The van der Waals surface area contributed by atoms with E-state index in [0.29, 0.717) is 5.75 Å².